The molecular weight excluding hydrogens is 332 g/mol. The third kappa shape index (κ3) is 3.44. The van der Waals surface area contributed by atoms with Gasteiger partial charge in [-0.25, -0.2) is 4.98 Å². The number of rotatable bonds is 5. The minimum Gasteiger partial charge on any atom is -0.368 e. The fourth-order valence-corrected chi connectivity index (χ4v) is 3.17. The van der Waals surface area contributed by atoms with Crippen LogP contribution < -0.4 is 21.7 Å². The summed E-state index contributed by atoms with van der Waals surface area (Å²) in [5.41, 5.74) is 14.1. The first-order valence-corrected chi connectivity index (χ1v) is 8.44. The Labute approximate surface area is 151 Å². The SMILES string of the molecule is Cc1ccc(Nc2nc(N3CCCC3C(N)=O)ncc2C(N)=O)c(C)c1. The molecule has 1 aliphatic rings. The smallest absolute Gasteiger partial charge is 0.254 e. The number of benzene rings is 1. The molecule has 0 aliphatic carbocycles. The lowest BCUT2D eigenvalue weighted by molar-refractivity contribution is -0.119. The van der Waals surface area contributed by atoms with Gasteiger partial charge in [-0.2, -0.15) is 4.98 Å². The largest absolute Gasteiger partial charge is 0.368 e. The van der Waals surface area contributed by atoms with Gasteiger partial charge in [0.05, 0.1) is 0 Å². The second kappa shape index (κ2) is 6.99. The van der Waals surface area contributed by atoms with E-state index >= 15 is 0 Å². The van der Waals surface area contributed by atoms with Gasteiger partial charge in [-0.15, -0.1) is 0 Å². The average Bonchev–Trinajstić information content (AvgIpc) is 3.07. The molecule has 1 aromatic carbocycles. The molecule has 1 saturated heterocycles. The summed E-state index contributed by atoms with van der Waals surface area (Å²) in [5.74, 6) is -0.376. The molecule has 1 aliphatic heterocycles. The van der Waals surface area contributed by atoms with Crippen molar-refractivity contribution < 1.29 is 9.59 Å². The van der Waals surface area contributed by atoms with Gasteiger partial charge in [0, 0.05) is 18.4 Å². The Bertz CT molecular complexity index is 867. The number of anilines is 3. The number of primary amides is 2. The number of nitrogens with two attached hydrogens (primary N) is 2. The van der Waals surface area contributed by atoms with Crippen LogP contribution in [-0.4, -0.2) is 34.4 Å². The van der Waals surface area contributed by atoms with E-state index in [1.165, 1.54) is 6.20 Å². The van der Waals surface area contributed by atoms with Crippen molar-refractivity contribution in [2.24, 2.45) is 11.5 Å². The van der Waals surface area contributed by atoms with Crippen LogP contribution in [0.3, 0.4) is 0 Å². The number of carbonyl (C=O) groups excluding carboxylic acids is 2. The zero-order valence-electron chi connectivity index (χ0n) is 14.8. The molecule has 2 amide bonds. The molecule has 1 unspecified atom stereocenters. The number of hydrogen-bond donors (Lipinski definition) is 3. The van der Waals surface area contributed by atoms with Crippen LogP contribution in [0.2, 0.25) is 0 Å². The van der Waals surface area contributed by atoms with E-state index in [2.05, 4.69) is 15.3 Å². The maximum absolute atomic E-state index is 11.8. The van der Waals surface area contributed by atoms with Crippen molar-refractivity contribution >= 4 is 29.3 Å². The highest BCUT2D eigenvalue weighted by Gasteiger charge is 2.31. The van der Waals surface area contributed by atoms with E-state index in [1.807, 2.05) is 32.0 Å². The van der Waals surface area contributed by atoms with Gasteiger partial charge in [0.1, 0.15) is 17.4 Å². The summed E-state index contributed by atoms with van der Waals surface area (Å²) in [6.45, 7) is 4.60. The predicted molar refractivity (Wildman–Crippen MR) is 99.3 cm³/mol. The second-order valence-electron chi connectivity index (χ2n) is 6.49. The molecule has 1 fully saturated rings. The van der Waals surface area contributed by atoms with Crippen LogP contribution in [0, 0.1) is 13.8 Å². The summed E-state index contributed by atoms with van der Waals surface area (Å²) in [4.78, 5) is 33.9. The number of aromatic nitrogens is 2. The van der Waals surface area contributed by atoms with Gasteiger partial charge < -0.3 is 21.7 Å². The summed E-state index contributed by atoms with van der Waals surface area (Å²) >= 11 is 0. The molecule has 2 heterocycles. The average molecular weight is 354 g/mol. The quantitative estimate of drug-likeness (QED) is 0.744. The Morgan fingerprint density at radius 2 is 2.04 bits per heavy atom. The van der Waals surface area contributed by atoms with Gasteiger partial charge in [0.15, 0.2) is 0 Å². The maximum Gasteiger partial charge on any atom is 0.254 e. The van der Waals surface area contributed by atoms with Gasteiger partial charge in [-0.05, 0) is 38.3 Å². The van der Waals surface area contributed by atoms with E-state index in [9.17, 15) is 9.59 Å². The predicted octanol–water partition coefficient (Wildman–Crippen LogP) is 1.39. The highest BCUT2D eigenvalue weighted by atomic mass is 16.1. The number of aryl methyl sites for hydroxylation is 2. The van der Waals surface area contributed by atoms with Crippen molar-refractivity contribution in [2.45, 2.75) is 32.7 Å². The van der Waals surface area contributed by atoms with Crippen LogP contribution in [0.15, 0.2) is 24.4 Å². The Morgan fingerprint density at radius 3 is 2.69 bits per heavy atom. The molecule has 0 radical (unpaired) electrons. The Balaban J connectivity index is 1.99. The number of carbonyl (C=O) groups is 2. The van der Waals surface area contributed by atoms with Crippen LogP contribution >= 0.6 is 0 Å². The molecule has 1 atom stereocenters. The van der Waals surface area contributed by atoms with E-state index in [-0.39, 0.29) is 5.56 Å². The third-order valence-corrected chi connectivity index (χ3v) is 4.51. The molecule has 0 bridgehead atoms. The van der Waals surface area contributed by atoms with Crippen LogP contribution in [0.25, 0.3) is 0 Å². The minimum atomic E-state index is -0.628. The standard InChI is InChI=1S/C18H22N6O2/c1-10-5-6-13(11(2)8-10)22-17-12(15(19)25)9-21-18(23-17)24-7-3-4-14(24)16(20)26/h5-6,8-9,14H,3-4,7H2,1-2H3,(H2,19,25)(H2,20,26)(H,21,22,23). The van der Waals surface area contributed by atoms with E-state index in [0.29, 0.717) is 24.7 Å². The molecule has 5 N–H and O–H groups in total. The minimum absolute atomic E-state index is 0.184. The number of nitrogens with zero attached hydrogens (tertiary/aromatic N) is 3. The topological polar surface area (TPSA) is 127 Å². The molecule has 8 nitrogen and oxygen atoms in total. The molecule has 26 heavy (non-hydrogen) atoms. The first-order chi connectivity index (χ1) is 12.4. The highest BCUT2D eigenvalue weighted by Crippen LogP contribution is 2.27. The third-order valence-electron chi connectivity index (χ3n) is 4.51. The lowest BCUT2D eigenvalue weighted by Crippen LogP contribution is -2.41. The Morgan fingerprint density at radius 1 is 1.27 bits per heavy atom. The Kier molecular flexibility index (Phi) is 4.75. The van der Waals surface area contributed by atoms with Crippen molar-refractivity contribution in [1.29, 1.82) is 0 Å². The van der Waals surface area contributed by atoms with Gasteiger partial charge in [0.2, 0.25) is 11.9 Å². The van der Waals surface area contributed by atoms with Crippen LogP contribution in [0.4, 0.5) is 17.5 Å². The molecule has 3 rings (SSSR count). The summed E-state index contributed by atoms with van der Waals surface area (Å²) in [6.07, 6.45) is 2.87. The zero-order chi connectivity index (χ0) is 18.8. The van der Waals surface area contributed by atoms with Crippen LogP contribution in [-0.2, 0) is 4.79 Å². The highest BCUT2D eigenvalue weighted by molar-refractivity contribution is 5.98. The fraction of sp³-hybridized carbons (Fsp3) is 0.333. The van der Waals surface area contributed by atoms with Gasteiger partial charge in [-0.3, -0.25) is 9.59 Å². The van der Waals surface area contributed by atoms with Crippen LogP contribution in [0.5, 0.6) is 0 Å². The van der Waals surface area contributed by atoms with E-state index in [4.69, 9.17) is 11.5 Å². The molecular formula is C18H22N6O2. The van der Waals surface area contributed by atoms with Gasteiger partial charge in [0.25, 0.3) is 5.91 Å². The van der Waals surface area contributed by atoms with Crippen molar-refractivity contribution in [3.05, 3.63) is 41.1 Å². The van der Waals surface area contributed by atoms with E-state index in [0.717, 1.165) is 23.2 Å². The first-order valence-electron chi connectivity index (χ1n) is 8.44. The first kappa shape index (κ1) is 17.7. The normalized spacial score (nSPS) is 16.5. The van der Waals surface area contributed by atoms with Crippen molar-refractivity contribution in [3.8, 4) is 0 Å². The molecule has 8 heteroatoms. The van der Waals surface area contributed by atoms with E-state index < -0.39 is 17.9 Å². The summed E-state index contributed by atoms with van der Waals surface area (Å²) in [6, 6.07) is 5.46. The van der Waals surface area contributed by atoms with Crippen LogP contribution in [0.1, 0.15) is 34.3 Å². The molecule has 0 saturated carbocycles. The van der Waals surface area contributed by atoms with Gasteiger partial charge in [-0.1, -0.05) is 17.7 Å². The lowest BCUT2D eigenvalue weighted by Gasteiger charge is -2.23. The number of nitrogens with one attached hydrogen (secondary N) is 1. The zero-order valence-corrected chi connectivity index (χ0v) is 14.8. The molecule has 0 spiro atoms. The van der Waals surface area contributed by atoms with Crippen molar-refractivity contribution in [1.82, 2.24) is 9.97 Å². The molecule has 1 aromatic heterocycles. The van der Waals surface area contributed by atoms with Crippen molar-refractivity contribution in [3.63, 3.8) is 0 Å². The fourth-order valence-electron chi connectivity index (χ4n) is 3.17. The molecule has 2 aromatic rings. The Hall–Kier alpha value is -3.16. The van der Waals surface area contributed by atoms with E-state index in [1.54, 1.807) is 4.90 Å². The number of hydrogen-bond acceptors (Lipinski definition) is 6. The summed E-state index contributed by atoms with van der Waals surface area (Å²) < 4.78 is 0. The van der Waals surface area contributed by atoms with Gasteiger partial charge >= 0.3 is 0 Å². The second-order valence-corrected chi connectivity index (χ2v) is 6.49. The summed E-state index contributed by atoms with van der Waals surface area (Å²) in [5, 5.41) is 3.16. The monoisotopic (exact) mass is 354 g/mol. The van der Waals surface area contributed by atoms with Crippen molar-refractivity contribution in [2.75, 3.05) is 16.8 Å². The number of amides is 2. The maximum atomic E-state index is 11.8. The lowest BCUT2D eigenvalue weighted by atomic mass is 10.1. The summed E-state index contributed by atoms with van der Waals surface area (Å²) in [7, 11) is 0. The molecule has 136 valence electrons.